The van der Waals surface area contributed by atoms with Crippen LogP contribution in [0.3, 0.4) is 0 Å². The summed E-state index contributed by atoms with van der Waals surface area (Å²) in [5, 5.41) is 19.9. The first-order valence-electron chi connectivity index (χ1n) is 5.53. The summed E-state index contributed by atoms with van der Waals surface area (Å²) in [6.07, 6.45) is -0.0280. The summed E-state index contributed by atoms with van der Waals surface area (Å²) >= 11 is 7.14. The van der Waals surface area contributed by atoms with Crippen molar-refractivity contribution in [2.75, 3.05) is 13.7 Å². The van der Waals surface area contributed by atoms with Gasteiger partial charge >= 0.3 is 12.0 Å². The molecule has 19 heavy (non-hydrogen) atoms. The number of halogens is 1. The van der Waals surface area contributed by atoms with E-state index in [-0.39, 0.29) is 13.0 Å². The summed E-state index contributed by atoms with van der Waals surface area (Å²) in [6, 6.07) is 1.94. The zero-order valence-corrected chi connectivity index (χ0v) is 11.9. The fourth-order valence-corrected chi connectivity index (χ4v) is 2.53. The minimum atomic E-state index is -1.17. The van der Waals surface area contributed by atoms with E-state index in [1.165, 1.54) is 16.2 Å². The van der Waals surface area contributed by atoms with Gasteiger partial charge in [-0.05, 0) is 12.1 Å². The van der Waals surface area contributed by atoms with Crippen molar-refractivity contribution in [1.82, 2.24) is 10.2 Å². The van der Waals surface area contributed by atoms with E-state index in [2.05, 4.69) is 5.32 Å². The van der Waals surface area contributed by atoms with E-state index >= 15 is 0 Å². The number of carbonyl (C=O) groups excluding carboxylic acids is 1. The van der Waals surface area contributed by atoms with Gasteiger partial charge in [-0.15, -0.1) is 11.3 Å². The summed E-state index contributed by atoms with van der Waals surface area (Å²) in [5.41, 5.74) is 0. The number of urea groups is 1. The van der Waals surface area contributed by atoms with Crippen molar-refractivity contribution in [2.24, 2.45) is 0 Å². The molecule has 1 aromatic heterocycles. The van der Waals surface area contributed by atoms with Crippen molar-refractivity contribution in [3.63, 3.8) is 0 Å². The van der Waals surface area contributed by atoms with Crippen molar-refractivity contribution in [2.45, 2.75) is 19.0 Å². The van der Waals surface area contributed by atoms with E-state index in [4.69, 9.17) is 21.8 Å². The van der Waals surface area contributed by atoms with E-state index in [9.17, 15) is 9.59 Å². The molecule has 106 valence electrons. The Kier molecular flexibility index (Phi) is 6.07. The van der Waals surface area contributed by atoms with Crippen molar-refractivity contribution in [3.8, 4) is 0 Å². The van der Waals surface area contributed by atoms with Gasteiger partial charge in [-0.3, -0.25) is 0 Å². The molecule has 8 heteroatoms. The van der Waals surface area contributed by atoms with E-state index in [0.717, 1.165) is 4.88 Å². The lowest BCUT2D eigenvalue weighted by Crippen LogP contribution is -2.46. The molecule has 1 heterocycles. The molecule has 0 unspecified atom stereocenters. The average Bonchev–Trinajstić information content (AvgIpc) is 2.73. The molecule has 0 saturated carbocycles. The minimum absolute atomic E-state index is 0.0280. The molecule has 6 nitrogen and oxygen atoms in total. The quantitative estimate of drug-likeness (QED) is 0.740. The van der Waals surface area contributed by atoms with Crippen LogP contribution in [-0.4, -0.2) is 46.8 Å². The monoisotopic (exact) mass is 306 g/mol. The van der Waals surface area contributed by atoms with E-state index in [1.807, 2.05) is 0 Å². The fraction of sp³-hybridized carbons (Fsp3) is 0.455. The highest BCUT2D eigenvalue weighted by Gasteiger charge is 2.21. The van der Waals surface area contributed by atoms with Crippen LogP contribution in [0, 0.1) is 0 Å². The molecule has 0 fully saturated rings. The molecular weight excluding hydrogens is 292 g/mol. The van der Waals surface area contributed by atoms with Crippen LogP contribution in [0.15, 0.2) is 12.1 Å². The van der Waals surface area contributed by atoms with Gasteiger partial charge in [0.05, 0.1) is 10.9 Å². The van der Waals surface area contributed by atoms with Crippen LogP contribution in [-0.2, 0) is 11.3 Å². The molecule has 2 amide bonds. The number of hydrogen-bond acceptors (Lipinski definition) is 4. The Labute approximate surface area is 119 Å². The Hall–Kier alpha value is -1.31. The number of rotatable bonds is 6. The third kappa shape index (κ3) is 5.06. The normalized spacial score (nSPS) is 11.9. The number of aliphatic hydroxyl groups is 1. The van der Waals surface area contributed by atoms with Gasteiger partial charge in [0.15, 0.2) is 0 Å². The van der Waals surface area contributed by atoms with Crippen LogP contribution in [0.5, 0.6) is 0 Å². The molecule has 0 saturated heterocycles. The van der Waals surface area contributed by atoms with E-state index < -0.39 is 18.0 Å². The van der Waals surface area contributed by atoms with Gasteiger partial charge in [0.1, 0.15) is 6.04 Å². The number of amides is 2. The number of nitrogens with zero attached hydrogens (tertiary/aromatic N) is 1. The standard InChI is InChI=1S/C11H15ClN2O4S/c1-14(6-7-2-3-9(12)19-7)11(18)13-8(4-5-15)10(16)17/h2-3,8,15H,4-6H2,1H3,(H,13,18)(H,16,17)/t8-/m0/s1. The highest BCUT2D eigenvalue weighted by atomic mass is 35.5. The van der Waals surface area contributed by atoms with Crippen LogP contribution in [0.1, 0.15) is 11.3 Å². The van der Waals surface area contributed by atoms with Crippen LogP contribution in [0.25, 0.3) is 0 Å². The second-order valence-electron chi connectivity index (χ2n) is 3.91. The molecule has 0 aliphatic carbocycles. The van der Waals surface area contributed by atoms with Crippen LogP contribution in [0.2, 0.25) is 4.34 Å². The average molecular weight is 307 g/mol. The lowest BCUT2D eigenvalue weighted by molar-refractivity contribution is -0.139. The number of hydrogen-bond donors (Lipinski definition) is 3. The third-order valence-electron chi connectivity index (χ3n) is 2.38. The molecule has 0 aliphatic heterocycles. The maximum absolute atomic E-state index is 11.8. The molecule has 0 spiro atoms. The maximum atomic E-state index is 11.8. The second kappa shape index (κ2) is 7.32. The zero-order valence-electron chi connectivity index (χ0n) is 10.3. The Morgan fingerprint density at radius 1 is 1.53 bits per heavy atom. The van der Waals surface area contributed by atoms with Crippen LogP contribution < -0.4 is 5.32 Å². The van der Waals surface area contributed by atoms with Crippen LogP contribution in [0.4, 0.5) is 4.79 Å². The molecule has 0 bridgehead atoms. The largest absolute Gasteiger partial charge is 0.480 e. The molecule has 1 aromatic rings. The Bertz CT molecular complexity index is 452. The zero-order chi connectivity index (χ0) is 14.4. The Morgan fingerprint density at radius 3 is 2.68 bits per heavy atom. The lowest BCUT2D eigenvalue weighted by atomic mass is 10.2. The number of carboxylic acids is 1. The number of thiophene rings is 1. The SMILES string of the molecule is CN(Cc1ccc(Cl)s1)C(=O)N[C@@H](CCO)C(=O)O. The Balaban J connectivity index is 2.54. The van der Waals surface area contributed by atoms with Gasteiger partial charge in [-0.1, -0.05) is 11.6 Å². The van der Waals surface area contributed by atoms with Gasteiger partial charge in [-0.25, -0.2) is 9.59 Å². The first-order valence-corrected chi connectivity index (χ1v) is 6.73. The predicted molar refractivity (Wildman–Crippen MR) is 72.5 cm³/mol. The molecule has 1 rings (SSSR count). The van der Waals surface area contributed by atoms with Gasteiger partial charge in [0.25, 0.3) is 0 Å². The maximum Gasteiger partial charge on any atom is 0.326 e. The van der Waals surface area contributed by atoms with E-state index in [0.29, 0.717) is 10.9 Å². The third-order valence-corrected chi connectivity index (χ3v) is 3.60. The smallest absolute Gasteiger partial charge is 0.326 e. The first-order chi connectivity index (χ1) is 8.93. The topological polar surface area (TPSA) is 89.9 Å². The molecule has 0 aromatic carbocycles. The number of carboxylic acid groups (broad SMARTS) is 1. The molecule has 0 radical (unpaired) electrons. The number of aliphatic carboxylic acids is 1. The van der Waals surface area contributed by atoms with Gasteiger partial charge in [-0.2, -0.15) is 0 Å². The second-order valence-corrected chi connectivity index (χ2v) is 5.71. The highest BCUT2D eigenvalue weighted by Crippen LogP contribution is 2.22. The number of carbonyl (C=O) groups is 2. The first kappa shape index (κ1) is 15.7. The number of aliphatic hydroxyl groups excluding tert-OH is 1. The predicted octanol–water partition coefficient (Wildman–Crippen LogP) is 1.38. The van der Waals surface area contributed by atoms with Gasteiger partial charge in [0, 0.05) is 25.0 Å². The van der Waals surface area contributed by atoms with Crippen molar-refractivity contribution in [1.29, 1.82) is 0 Å². The highest BCUT2D eigenvalue weighted by molar-refractivity contribution is 7.16. The van der Waals surface area contributed by atoms with Crippen molar-refractivity contribution in [3.05, 3.63) is 21.3 Å². The molecular formula is C11H15ClN2O4S. The van der Waals surface area contributed by atoms with E-state index in [1.54, 1.807) is 19.2 Å². The fourth-order valence-electron chi connectivity index (χ4n) is 1.39. The van der Waals surface area contributed by atoms with Crippen LogP contribution >= 0.6 is 22.9 Å². The summed E-state index contributed by atoms with van der Waals surface area (Å²) in [6.45, 7) is 0.0379. The van der Waals surface area contributed by atoms with Gasteiger partial charge in [0.2, 0.25) is 0 Å². The van der Waals surface area contributed by atoms with Crippen molar-refractivity contribution < 1.29 is 19.8 Å². The summed E-state index contributed by atoms with van der Waals surface area (Å²) in [7, 11) is 1.56. The number of nitrogens with one attached hydrogen (secondary N) is 1. The summed E-state index contributed by atoms with van der Waals surface area (Å²) in [5.74, 6) is -1.17. The van der Waals surface area contributed by atoms with Crippen molar-refractivity contribution >= 4 is 34.9 Å². The molecule has 1 atom stereocenters. The minimum Gasteiger partial charge on any atom is -0.480 e. The summed E-state index contributed by atoms with van der Waals surface area (Å²) in [4.78, 5) is 24.9. The van der Waals surface area contributed by atoms with Gasteiger partial charge < -0.3 is 20.4 Å². The molecule has 0 aliphatic rings. The summed E-state index contributed by atoms with van der Waals surface area (Å²) < 4.78 is 0.632. The Morgan fingerprint density at radius 2 is 2.21 bits per heavy atom. The lowest BCUT2D eigenvalue weighted by Gasteiger charge is -2.20. The molecule has 3 N–H and O–H groups in total.